The summed E-state index contributed by atoms with van der Waals surface area (Å²) in [5, 5.41) is 3.53. The number of nitrogens with one attached hydrogen (secondary N) is 1. The van der Waals surface area contributed by atoms with Gasteiger partial charge < -0.3 is 10.2 Å². The fourth-order valence-electron chi connectivity index (χ4n) is 3.22. The second-order valence-corrected chi connectivity index (χ2v) is 6.52. The van der Waals surface area contributed by atoms with Gasteiger partial charge in [-0.25, -0.2) is 0 Å². The highest BCUT2D eigenvalue weighted by atomic mass is 16.2. The minimum absolute atomic E-state index is 0.265. The van der Waals surface area contributed by atoms with Gasteiger partial charge >= 0.3 is 0 Å². The first kappa shape index (κ1) is 17.4. The molecular weight excluding hydrogens is 250 g/mol. The Morgan fingerprint density at radius 1 is 1.25 bits per heavy atom. The van der Waals surface area contributed by atoms with Crippen LogP contribution in [0.2, 0.25) is 0 Å². The second kappa shape index (κ2) is 8.63. The summed E-state index contributed by atoms with van der Waals surface area (Å²) in [6.07, 6.45) is 3.61. The summed E-state index contributed by atoms with van der Waals surface area (Å²) in [5.74, 6) is 0.265. The lowest BCUT2D eigenvalue weighted by Gasteiger charge is -2.33. The van der Waals surface area contributed by atoms with Crippen molar-refractivity contribution < 1.29 is 4.79 Å². The number of carbonyl (C=O) groups excluding carboxylic acids is 1. The molecule has 20 heavy (non-hydrogen) atoms. The first-order chi connectivity index (χ1) is 9.45. The Morgan fingerprint density at radius 3 is 2.35 bits per heavy atom. The number of hydrogen-bond acceptors (Lipinski definition) is 3. The van der Waals surface area contributed by atoms with Crippen LogP contribution in [-0.4, -0.2) is 60.0 Å². The fourth-order valence-corrected chi connectivity index (χ4v) is 3.22. The van der Waals surface area contributed by atoms with Gasteiger partial charge in [0, 0.05) is 24.7 Å². The third-order valence-corrected chi connectivity index (χ3v) is 3.94. The molecule has 1 aliphatic heterocycles. The molecule has 0 saturated carbocycles. The molecule has 0 radical (unpaired) electrons. The molecule has 0 aromatic rings. The maximum absolute atomic E-state index is 12.5. The van der Waals surface area contributed by atoms with E-state index in [1.54, 1.807) is 0 Å². The minimum Gasteiger partial charge on any atom is -0.337 e. The van der Waals surface area contributed by atoms with Crippen molar-refractivity contribution >= 4 is 5.91 Å². The number of carbonyl (C=O) groups is 1. The molecule has 1 saturated heterocycles. The van der Waals surface area contributed by atoms with Crippen LogP contribution in [0.5, 0.6) is 0 Å². The van der Waals surface area contributed by atoms with E-state index in [0.29, 0.717) is 12.6 Å². The van der Waals surface area contributed by atoms with Gasteiger partial charge in [0.15, 0.2) is 0 Å². The molecule has 1 N–H and O–H groups in total. The molecule has 1 unspecified atom stereocenters. The predicted octanol–water partition coefficient (Wildman–Crippen LogP) is 2.10. The Bertz CT molecular complexity index is 277. The van der Waals surface area contributed by atoms with E-state index in [4.69, 9.17) is 0 Å². The topological polar surface area (TPSA) is 35.6 Å². The van der Waals surface area contributed by atoms with Gasteiger partial charge in [-0.2, -0.15) is 0 Å². The van der Waals surface area contributed by atoms with Crippen molar-refractivity contribution in [3.8, 4) is 0 Å². The Hall–Kier alpha value is -0.610. The van der Waals surface area contributed by atoms with E-state index in [-0.39, 0.29) is 18.0 Å². The zero-order chi connectivity index (χ0) is 15.1. The predicted molar refractivity (Wildman–Crippen MR) is 84.9 cm³/mol. The Balaban J connectivity index is 2.56. The highest BCUT2D eigenvalue weighted by Gasteiger charge is 2.24. The molecule has 1 amide bonds. The SMILES string of the molecule is CCCN(CC(=O)N(C(C)C)C(C)C)CC1CCCN1. The van der Waals surface area contributed by atoms with Crippen LogP contribution in [-0.2, 0) is 4.79 Å². The molecule has 4 nitrogen and oxygen atoms in total. The molecule has 0 aliphatic carbocycles. The smallest absolute Gasteiger partial charge is 0.237 e. The number of amides is 1. The van der Waals surface area contributed by atoms with Crippen molar-refractivity contribution in [3.05, 3.63) is 0 Å². The molecule has 0 aromatic heterocycles. The largest absolute Gasteiger partial charge is 0.337 e. The van der Waals surface area contributed by atoms with Gasteiger partial charge in [-0.1, -0.05) is 6.92 Å². The van der Waals surface area contributed by atoms with Gasteiger partial charge in [0.25, 0.3) is 0 Å². The van der Waals surface area contributed by atoms with Crippen LogP contribution < -0.4 is 5.32 Å². The van der Waals surface area contributed by atoms with Crippen molar-refractivity contribution in [2.75, 3.05) is 26.2 Å². The van der Waals surface area contributed by atoms with Crippen molar-refractivity contribution in [2.24, 2.45) is 0 Å². The van der Waals surface area contributed by atoms with Crippen LogP contribution >= 0.6 is 0 Å². The second-order valence-electron chi connectivity index (χ2n) is 6.52. The molecule has 1 rings (SSSR count). The third-order valence-electron chi connectivity index (χ3n) is 3.94. The van der Waals surface area contributed by atoms with E-state index in [2.05, 4.69) is 44.8 Å². The lowest BCUT2D eigenvalue weighted by Crippen LogP contribution is -2.49. The van der Waals surface area contributed by atoms with Gasteiger partial charge in [-0.15, -0.1) is 0 Å². The molecule has 118 valence electrons. The molecule has 1 heterocycles. The molecule has 0 spiro atoms. The number of nitrogens with zero attached hydrogens (tertiary/aromatic N) is 2. The van der Waals surface area contributed by atoms with Gasteiger partial charge in [0.1, 0.15) is 0 Å². The minimum atomic E-state index is 0.265. The first-order valence-electron chi connectivity index (χ1n) is 8.22. The highest BCUT2D eigenvalue weighted by molar-refractivity contribution is 5.78. The summed E-state index contributed by atoms with van der Waals surface area (Å²) in [5.41, 5.74) is 0. The third kappa shape index (κ3) is 5.41. The number of hydrogen-bond donors (Lipinski definition) is 1. The molecule has 0 bridgehead atoms. The van der Waals surface area contributed by atoms with E-state index < -0.39 is 0 Å². The molecule has 1 aliphatic rings. The van der Waals surface area contributed by atoms with Crippen molar-refractivity contribution in [1.82, 2.24) is 15.1 Å². The average Bonchev–Trinajstić information content (AvgIpc) is 2.80. The Kier molecular flexibility index (Phi) is 7.52. The highest BCUT2D eigenvalue weighted by Crippen LogP contribution is 2.10. The zero-order valence-electron chi connectivity index (χ0n) is 14.0. The normalized spacial score (nSPS) is 19.3. The first-order valence-corrected chi connectivity index (χ1v) is 8.22. The summed E-state index contributed by atoms with van der Waals surface area (Å²) < 4.78 is 0. The van der Waals surface area contributed by atoms with E-state index in [1.807, 2.05) is 4.90 Å². The summed E-state index contributed by atoms with van der Waals surface area (Å²) in [6.45, 7) is 14.3. The van der Waals surface area contributed by atoms with Crippen LogP contribution in [0.15, 0.2) is 0 Å². The number of rotatable bonds is 8. The van der Waals surface area contributed by atoms with Gasteiger partial charge in [-0.3, -0.25) is 9.69 Å². The van der Waals surface area contributed by atoms with E-state index in [0.717, 1.165) is 26.1 Å². The molecular formula is C16H33N3O. The van der Waals surface area contributed by atoms with Crippen molar-refractivity contribution in [1.29, 1.82) is 0 Å². The quantitative estimate of drug-likeness (QED) is 0.741. The molecule has 0 aromatic carbocycles. The van der Waals surface area contributed by atoms with Gasteiger partial charge in [0.05, 0.1) is 6.54 Å². The average molecular weight is 283 g/mol. The maximum Gasteiger partial charge on any atom is 0.237 e. The monoisotopic (exact) mass is 283 g/mol. The van der Waals surface area contributed by atoms with Crippen LogP contribution in [0.25, 0.3) is 0 Å². The Labute approximate surface area is 124 Å². The lowest BCUT2D eigenvalue weighted by molar-refractivity contribution is -0.136. The van der Waals surface area contributed by atoms with E-state index >= 15 is 0 Å². The molecule has 1 fully saturated rings. The van der Waals surface area contributed by atoms with Gasteiger partial charge in [-0.05, 0) is 60.0 Å². The Morgan fingerprint density at radius 2 is 1.90 bits per heavy atom. The van der Waals surface area contributed by atoms with E-state index in [9.17, 15) is 4.79 Å². The summed E-state index contributed by atoms with van der Waals surface area (Å²) in [6, 6.07) is 1.12. The standard InChI is InChI=1S/C16H33N3O/c1-6-10-18(11-15-8-7-9-17-15)12-16(20)19(13(2)3)14(4)5/h13-15,17H,6-12H2,1-5H3. The van der Waals surface area contributed by atoms with E-state index in [1.165, 1.54) is 12.8 Å². The van der Waals surface area contributed by atoms with Crippen LogP contribution in [0.4, 0.5) is 0 Å². The summed E-state index contributed by atoms with van der Waals surface area (Å²) in [7, 11) is 0. The van der Waals surface area contributed by atoms with Crippen LogP contribution in [0.1, 0.15) is 53.9 Å². The summed E-state index contributed by atoms with van der Waals surface area (Å²) in [4.78, 5) is 16.9. The van der Waals surface area contributed by atoms with Crippen molar-refractivity contribution in [2.45, 2.75) is 72.0 Å². The molecule has 1 atom stereocenters. The van der Waals surface area contributed by atoms with Crippen LogP contribution in [0.3, 0.4) is 0 Å². The molecule has 4 heteroatoms. The van der Waals surface area contributed by atoms with Crippen molar-refractivity contribution in [3.63, 3.8) is 0 Å². The fraction of sp³-hybridized carbons (Fsp3) is 0.938. The van der Waals surface area contributed by atoms with Crippen LogP contribution in [0, 0.1) is 0 Å². The maximum atomic E-state index is 12.5. The lowest BCUT2D eigenvalue weighted by atomic mass is 10.2. The summed E-state index contributed by atoms with van der Waals surface area (Å²) >= 11 is 0. The van der Waals surface area contributed by atoms with Gasteiger partial charge in [0.2, 0.25) is 5.91 Å². The zero-order valence-corrected chi connectivity index (χ0v) is 14.0.